The summed E-state index contributed by atoms with van der Waals surface area (Å²) in [6.07, 6.45) is 5.83. The molecule has 1 saturated heterocycles. The second-order valence-corrected chi connectivity index (χ2v) is 5.64. The van der Waals surface area contributed by atoms with Crippen LogP contribution < -0.4 is 5.32 Å². The quantitative estimate of drug-likeness (QED) is 0.763. The Morgan fingerprint density at radius 2 is 2.13 bits per heavy atom. The summed E-state index contributed by atoms with van der Waals surface area (Å²) in [6.45, 7) is 7.70. The van der Waals surface area contributed by atoms with Gasteiger partial charge in [0.1, 0.15) is 0 Å². The Bertz CT molecular complexity index is 193. The van der Waals surface area contributed by atoms with Crippen molar-refractivity contribution >= 4 is 0 Å². The molecule has 2 aliphatic rings. The standard InChI is InChI=1S/C13H26N2/c1-11-4-3-5-13(11)10-15-7-6-12(9-15)8-14-2/h11-14H,3-10H2,1-2H3. The molecular weight excluding hydrogens is 184 g/mol. The summed E-state index contributed by atoms with van der Waals surface area (Å²) in [4.78, 5) is 2.70. The molecule has 0 radical (unpaired) electrons. The first-order chi connectivity index (χ1) is 7.29. The highest BCUT2D eigenvalue weighted by Gasteiger charge is 2.28. The Kier molecular flexibility index (Phi) is 4.04. The molecule has 0 aromatic heterocycles. The van der Waals surface area contributed by atoms with Gasteiger partial charge in [-0.25, -0.2) is 0 Å². The molecule has 2 nitrogen and oxygen atoms in total. The van der Waals surface area contributed by atoms with Crippen LogP contribution in [-0.4, -0.2) is 38.1 Å². The molecule has 3 atom stereocenters. The molecule has 2 heteroatoms. The molecule has 1 heterocycles. The van der Waals surface area contributed by atoms with Crippen molar-refractivity contribution in [2.45, 2.75) is 32.6 Å². The van der Waals surface area contributed by atoms with Crippen LogP contribution >= 0.6 is 0 Å². The second kappa shape index (κ2) is 5.31. The number of hydrogen-bond acceptors (Lipinski definition) is 2. The number of nitrogens with zero attached hydrogens (tertiary/aromatic N) is 1. The Hall–Kier alpha value is -0.0800. The van der Waals surface area contributed by atoms with Crippen molar-refractivity contribution in [2.75, 3.05) is 33.2 Å². The van der Waals surface area contributed by atoms with E-state index in [-0.39, 0.29) is 0 Å². The maximum absolute atomic E-state index is 3.31. The van der Waals surface area contributed by atoms with Gasteiger partial charge in [-0.15, -0.1) is 0 Å². The average molecular weight is 210 g/mol. The van der Waals surface area contributed by atoms with E-state index < -0.39 is 0 Å². The van der Waals surface area contributed by atoms with Crippen LogP contribution in [0.3, 0.4) is 0 Å². The highest BCUT2D eigenvalue weighted by Crippen LogP contribution is 2.32. The molecule has 1 aliphatic heterocycles. The van der Waals surface area contributed by atoms with Gasteiger partial charge in [-0.2, -0.15) is 0 Å². The van der Waals surface area contributed by atoms with Gasteiger partial charge in [-0.05, 0) is 50.7 Å². The van der Waals surface area contributed by atoms with E-state index in [2.05, 4.69) is 24.2 Å². The van der Waals surface area contributed by atoms with Crippen LogP contribution in [0.4, 0.5) is 0 Å². The largest absolute Gasteiger partial charge is 0.319 e. The molecule has 1 saturated carbocycles. The first kappa shape index (κ1) is 11.4. The Labute approximate surface area is 94.4 Å². The topological polar surface area (TPSA) is 15.3 Å². The molecule has 1 aliphatic carbocycles. The third-order valence-corrected chi connectivity index (χ3v) is 4.39. The molecule has 2 rings (SSSR count). The van der Waals surface area contributed by atoms with Crippen molar-refractivity contribution in [3.05, 3.63) is 0 Å². The lowest BCUT2D eigenvalue weighted by Gasteiger charge is -2.23. The molecular formula is C13H26N2. The van der Waals surface area contributed by atoms with Crippen LogP contribution in [0.5, 0.6) is 0 Å². The van der Waals surface area contributed by atoms with E-state index in [1.807, 2.05) is 0 Å². The normalized spacial score (nSPS) is 37.6. The number of nitrogens with one attached hydrogen (secondary N) is 1. The Morgan fingerprint density at radius 3 is 2.80 bits per heavy atom. The molecule has 1 N–H and O–H groups in total. The highest BCUT2D eigenvalue weighted by molar-refractivity contribution is 4.82. The van der Waals surface area contributed by atoms with Crippen LogP contribution in [0.1, 0.15) is 32.6 Å². The summed E-state index contributed by atoms with van der Waals surface area (Å²) >= 11 is 0. The van der Waals surface area contributed by atoms with Crippen molar-refractivity contribution in [3.8, 4) is 0 Å². The minimum Gasteiger partial charge on any atom is -0.319 e. The van der Waals surface area contributed by atoms with Crippen molar-refractivity contribution < 1.29 is 0 Å². The van der Waals surface area contributed by atoms with E-state index in [1.54, 1.807) is 0 Å². The molecule has 3 unspecified atom stereocenters. The fourth-order valence-electron chi connectivity index (χ4n) is 3.36. The molecule has 2 fully saturated rings. The first-order valence-electron chi connectivity index (χ1n) is 6.66. The smallest absolute Gasteiger partial charge is 0.00224 e. The summed E-state index contributed by atoms with van der Waals surface area (Å²) in [5, 5.41) is 3.31. The zero-order chi connectivity index (χ0) is 10.7. The molecule has 0 spiro atoms. The SMILES string of the molecule is CNCC1CCN(CC2CCCC2C)C1. The summed E-state index contributed by atoms with van der Waals surface area (Å²) in [5.74, 6) is 2.89. The summed E-state index contributed by atoms with van der Waals surface area (Å²) in [7, 11) is 2.07. The fraction of sp³-hybridized carbons (Fsp3) is 1.00. The average Bonchev–Trinajstić information content (AvgIpc) is 2.79. The second-order valence-electron chi connectivity index (χ2n) is 5.64. The van der Waals surface area contributed by atoms with E-state index in [9.17, 15) is 0 Å². The monoisotopic (exact) mass is 210 g/mol. The minimum absolute atomic E-state index is 0.909. The lowest BCUT2D eigenvalue weighted by atomic mass is 9.98. The van der Waals surface area contributed by atoms with Gasteiger partial charge in [-0.3, -0.25) is 0 Å². The number of rotatable bonds is 4. The van der Waals surface area contributed by atoms with Crippen LogP contribution in [0.25, 0.3) is 0 Å². The van der Waals surface area contributed by atoms with Gasteiger partial charge >= 0.3 is 0 Å². The van der Waals surface area contributed by atoms with Crippen molar-refractivity contribution in [2.24, 2.45) is 17.8 Å². The number of likely N-dealkylation sites (tertiary alicyclic amines) is 1. The van der Waals surface area contributed by atoms with Gasteiger partial charge in [0.15, 0.2) is 0 Å². The van der Waals surface area contributed by atoms with Crippen molar-refractivity contribution in [1.82, 2.24) is 10.2 Å². The predicted octanol–water partition coefficient (Wildman–Crippen LogP) is 1.96. The summed E-state index contributed by atoms with van der Waals surface area (Å²) < 4.78 is 0. The molecule has 15 heavy (non-hydrogen) atoms. The van der Waals surface area contributed by atoms with Crippen LogP contribution in [0.2, 0.25) is 0 Å². The molecule has 0 aromatic carbocycles. The summed E-state index contributed by atoms with van der Waals surface area (Å²) in [5.41, 5.74) is 0. The lowest BCUT2D eigenvalue weighted by Crippen LogP contribution is -2.30. The third-order valence-electron chi connectivity index (χ3n) is 4.39. The Balaban J connectivity index is 1.72. The molecule has 0 aromatic rings. The lowest BCUT2D eigenvalue weighted by molar-refractivity contribution is 0.241. The van der Waals surface area contributed by atoms with Crippen molar-refractivity contribution in [3.63, 3.8) is 0 Å². The zero-order valence-electron chi connectivity index (χ0n) is 10.3. The van der Waals surface area contributed by atoms with E-state index in [4.69, 9.17) is 0 Å². The minimum atomic E-state index is 0.909. The third kappa shape index (κ3) is 2.94. The zero-order valence-corrected chi connectivity index (χ0v) is 10.3. The van der Waals surface area contributed by atoms with E-state index >= 15 is 0 Å². The van der Waals surface area contributed by atoms with E-state index in [0.717, 1.165) is 17.8 Å². The van der Waals surface area contributed by atoms with Gasteiger partial charge < -0.3 is 10.2 Å². The maximum atomic E-state index is 3.31. The van der Waals surface area contributed by atoms with Gasteiger partial charge in [0.05, 0.1) is 0 Å². The van der Waals surface area contributed by atoms with Crippen LogP contribution in [-0.2, 0) is 0 Å². The molecule has 88 valence electrons. The predicted molar refractivity (Wildman–Crippen MR) is 65.0 cm³/mol. The van der Waals surface area contributed by atoms with E-state index in [1.165, 1.54) is 51.9 Å². The van der Waals surface area contributed by atoms with Crippen molar-refractivity contribution in [1.29, 1.82) is 0 Å². The molecule has 0 amide bonds. The van der Waals surface area contributed by atoms with Gasteiger partial charge in [0.25, 0.3) is 0 Å². The molecule has 0 bridgehead atoms. The van der Waals surface area contributed by atoms with Gasteiger partial charge in [0, 0.05) is 13.1 Å². The summed E-state index contributed by atoms with van der Waals surface area (Å²) in [6, 6.07) is 0. The Morgan fingerprint density at radius 1 is 1.27 bits per heavy atom. The van der Waals surface area contributed by atoms with Gasteiger partial charge in [-0.1, -0.05) is 19.8 Å². The van der Waals surface area contributed by atoms with E-state index in [0.29, 0.717) is 0 Å². The van der Waals surface area contributed by atoms with Gasteiger partial charge in [0.2, 0.25) is 0 Å². The fourth-order valence-corrected chi connectivity index (χ4v) is 3.36. The highest BCUT2D eigenvalue weighted by atomic mass is 15.2. The van der Waals surface area contributed by atoms with Crippen LogP contribution in [0, 0.1) is 17.8 Å². The number of hydrogen-bond donors (Lipinski definition) is 1. The first-order valence-corrected chi connectivity index (χ1v) is 6.66. The maximum Gasteiger partial charge on any atom is 0.00224 e. The van der Waals surface area contributed by atoms with Crippen LogP contribution in [0.15, 0.2) is 0 Å².